The summed E-state index contributed by atoms with van der Waals surface area (Å²) in [5.74, 6) is 3.55. The van der Waals surface area contributed by atoms with Crippen molar-refractivity contribution in [2.75, 3.05) is 0 Å². The number of aryl methyl sites for hydroxylation is 1. The molecule has 2 aromatic rings. The van der Waals surface area contributed by atoms with Gasteiger partial charge in [-0.2, -0.15) is 0 Å². The van der Waals surface area contributed by atoms with Gasteiger partial charge in [0.1, 0.15) is 11.6 Å². The molecule has 1 atom stereocenters. The third-order valence-corrected chi connectivity index (χ3v) is 11.4. The van der Waals surface area contributed by atoms with Crippen LogP contribution in [-0.2, 0) is 6.42 Å². The molecule has 0 aliphatic heterocycles. The van der Waals surface area contributed by atoms with E-state index < -0.39 is 0 Å². The summed E-state index contributed by atoms with van der Waals surface area (Å²) in [6, 6.07) is 12.0. The van der Waals surface area contributed by atoms with E-state index in [2.05, 4.69) is 32.1 Å². The van der Waals surface area contributed by atoms with Crippen LogP contribution < -0.4 is 0 Å². The highest BCUT2D eigenvalue weighted by atomic mass is 19.1. The van der Waals surface area contributed by atoms with Crippen LogP contribution in [0, 0.1) is 29.4 Å². The Labute approximate surface area is 255 Å². The molecule has 230 valence electrons. The van der Waals surface area contributed by atoms with Gasteiger partial charge >= 0.3 is 0 Å². The van der Waals surface area contributed by atoms with Crippen molar-refractivity contribution in [1.82, 2.24) is 0 Å². The summed E-state index contributed by atoms with van der Waals surface area (Å²) in [6.07, 6.45) is 25.6. The van der Waals surface area contributed by atoms with E-state index in [1.54, 1.807) is 6.07 Å². The highest BCUT2D eigenvalue weighted by molar-refractivity contribution is 5.67. The molecule has 2 aromatic carbocycles. The fourth-order valence-electron chi connectivity index (χ4n) is 8.57. The lowest BCUT2D eigenvalue weighted by Crippen LogP contribution is -2.25. The number of benzene rings is 2. The average molecular weight is 575 g/mol. The second kappa shape index (κ2) is 15.7. The molecule has 0 nitrogen and oxygen atoms in total. The zero-order valence-corrected chi connectivity index (χ0v) is 26.6. The summed E-state index contributed by atoms with van der Waals surface area (Å²) in [7, 11) is 0. The van der Waals surface area contributed by atoms with Crippen LogP contribution in [-0.4, -0.2) is 0 Å². The lowest BCUT2D eigenvalue weighted by atomic mass is 9.68. The lowest BCUT2D eigenvalue weighted by molar-refractivity contribution is 0.155. The molecular weight excluding hydrogens is 518 g/mol. The van der Waals surface area contributed by atoms with Gasteiger partial charge in [-0.25, -0.2) is 8.78 Å². The van der Waals surface area contributed by atoms with Crippen molar-refractivity contribution in [3.63, 3.8) is 0 Å². The van der Waals surface area contributed by atoms with E-state index in [1.165, 1.54) is 82.6 Å². The van der Waals surface area contributed by atoms with Gasteiger partial charge in [0.05, 0.1) is 0 Å². The van der Waals surface area contributed by atoms with Gasteiger partial charge in [-0.15, -0.1) is 0 Å². The lowest BCUT2D eigenvalue weighted by Gasteiger charge is -2.38. The van der Waals surface area contributed by atoms with Gasteiger partial charge in [0.25, 0.3) is 0 Å². The van der Waals surface area contributed by atoms with Gasteiger partial charge in [0.15, 0.2) is 0 Å². The summed E-state index contributed by atoms with van der Waals surface area (Å²) in [5, 5.41) is 0. The van der Waals surface area contributed by atoms with E-state index in [4.69, 9.17) is 0 Å². The zero-order valence-electron chi connectivity index (χ0n) is 26.6. The predicted molar refractivity (Wildman–Crippen MR) is 175 cm³/mol. The SMILES string of the molecule is CCCCCc1ccc(C2CC=C(c3ccc(C4CCC(C5CCC(CCCCC)CC5)CC4)cc3F)CC2)cc1F. The smallest absolute Gasteiger partial charge is 0.130 e. The van der Waals surface area contributed by atoms with Crippen molar-refractivity contribution in [2.45, 2.75) is 148 Å². The summed E-state index contributed by atoms with van der Waals surface area (Å²) < 4.78 is 30.2. The topological polar surface area (TPSA) is 0 Å². The van der Waals surface area contributed by atoms with Crippen molar-refractivity contribution in [3.05, 3.63) is 76.4 Å². The zero-order chi connectivity index (χ0) is 29.3. The van der Waals surface area contributed by atoms with E-state index in [0.29, 0.717) is 11.8 Å². The molecule has 5 rings (SSSR count). The van der Waals surface area contributed by atoms with Crippen LogP contribution in [0.5, 0.6) is 0 Å². The highest BCUT2D eigenvalue weighted by Gasteiger charge is 2.31. The molecule has 1 unspecified atom stereocenters. The predicted octanol–water partition coefficient (Wildman–Crippen LogP) is 12.7. The molecule has 2 saturated carbocycles. The van der Waals surface area contributed by atoms with Gasteiger partial charge in [-0.1, -0.05) is 95.6 Å². The van der Waals surface area contributed by atoms with Crippen molar-refractivity contribution in [1.29, 1.82) is 0 Å². The van der Waals surface area contributed by atoms with Crippen LogP contribution in [0.3, 0.4) is 0 Å². The Morgan fingerprint density at radius 2 is 1.29 bits per heavy atom. The normalized spacial score (nSPS) is 26.7. The van der Waals surface area contributed by atoms with Gasteiger partial charge in [0, 0.05) is 5.56 Å². The molecule has 2 heteroatoms. The fourth-order valence-corrected chi connectivity index (χ4v) is 8.57. The largest absolute Gasteiger partial charge is 0.207 e. The first-order chi connectivity index (χ1) is 20.6. The van der Waals surface area contributed by atoms with E-state index in [9.17, 15) is 4.39 Å². The van der Waals surface area contributed by atoms with Gasteiger partial charge < -0.3 is 0 Å². The standard InChI is InChI=1S/C40H56F2/c1-3-5-7-9-29-11-13-30(14-12-29)31-15-17-32(18-16-31)37-25-26-38(40(42)28-37)34-21-19-33(20-22-34)36-24-23-35(39(41)27-36)10-8-6-4-2/h21,23-33H,3-20,22H2,1-2H3. The molecule has 0 radical (unpaired) electrons. The first-order valence-corrected chi connectivity index (χ1v) is 17.8. The molecule has 0 aromatic heterocycles. The molecule has 42 heavy (non-hydrogen) atoms. The highest BCUT2D eigenvalue weighted by Crippen LogP contribution is 2.45. The molecule has 0 amide bonds. The number of unbranched alkanes of at least 4 members (excludes halogenated alkanes) is 4. The maximum absolute atomic E-state index is 15.5. The molecule has 0 saturated heterocycles. The van der Waals surface area contributed by atoms with Crippen LogP contribution >= 0.6 is 0 Å². The Hall–Kier alpha value is -1.96. The van der Waals surface area contributed by atoms with Crippen molar-refractivity contribution in [3.8, 4) is 0 Å². The molecule has 0 bridgehead atoms. The molecule has 0 heterocycles. The van der Waals surface area contributed by atoms with Gasteiger partial charge in [-0.05, 0) is 135 Å². The summed E-state index contributed by atoms with van der Waals surface area (Å²) in [4.78, 5) is 0. The number of hydrogen-bond donors (Lipinski definition) is 0. The Kier molecular flexibility index (Phi) is 11.7. The van der Waals surface area contributed by atoms with Crippen LogP contribution in [0.1, 0.15) is 164 Å². The van der Waals surface area contributed by atoms with Crippen molar-refractivity contribution < 1.29 is 8.78 Å². The van der Waals surface area contributed by atoms with E-state index in [0.717, 1.165) is 85.0 Å². The van der Waals surface area contributed by atoms with Gasteiger partial charge in [0.2, 0.25) is 0 Å². The van der Waals surface area contributed by atoms with E-state index in [1.807, 2.05) is 18.2 Å². The summed E-state index contributed by atoms with van der Waals surface area (Å²) >= 11 is 0. The van der Waals surface area contributed by atoms with Crippen LogP contribution in [0.4, 0.5) is 8.78 Å². The monoisotopic (exact) mass is 574 g/mol. The maximum Gasteiger partial charge on any atom is 0.130 e. The first-order valence-electron chi connectivity index (χ1n) is 17.8. The Morgan fingerprint density at radius 1 is 0.643 bits per heavy atom. The minimum atomic E-state index is -0.0563. The van der Waals surface area contributed by atoms with Crippen LogP contribution in [0.15, 0.2) is 42.5 Å². The summed E-state index contributed by atoms with van der Waals surface area (Å²) in [5.41, 5.74) is 5.04. The summed E-state index contributed by atoms with van der Waals surface area (Å²) in [6.45, 7) is 4.48. The molecular formula is C40H56F2. The second-order valence-electron chi connectivity index (χ2n) is 14.1. The van der Waals surface area contributed by atoms with E-state index in [-0.39, 0.29) is 11.6 Å². The number of rotatable bonds is 12. The van der Waals surface area contributed by atoms with Crippen molar-refractivity contribution in [2.24, 2.45) is 17.8 Å². The third kappa shape index (κ3) is 8.15. The molecule has 0 spiro atoms. The Morgan fingerprint density at radius 3 is 1.93 bits per heavy atom. The molecule has 3 aliphatic rings. The molecule has 3 aliphatic carbocycles. The number of halogens is 2. The molecule has 2 fully saturated rings. The Balaban J connectivity index is 1.11. The second-order valence-corrected chi connectivity index (χ2v) is 14.1. The fraction of sp³-hybridized carbons (Fsp3) is 0.650. The third-order valence-electron chi connectivity index (χ3n) is 11.4. The quantitative estimate of drug-likeness (QED) is 0.221. The van der Waals surface area contributed by atoms with E-state index >= 15 is 4.39 Å². The maximum atomic E-state index is 15.5. The molecule has 0 N–H and O–H groups in total. The van der Waals surface area contributed by atoms with Crippen LogP contribution in [0.25, 0.3) is 5.57 Å². The number of hydrogen-bond acceptors (Lipinski definition) is 0. The van der Waals surface area contributed by atoms with Crippen LogP contribution in [0.2, 0.25) is 0 Å². The average Bonchev–Trinajstić information content (AvgIpc) is 3.02. The minimum Gasteiger partial charge on any atom is -0.207 e. The Bertz CT molecular complexity index is 1150. The van der Waals surface area contributed by atoms with Gasteiger partial charge in [-0.3, -0.25) is 0 Å². The van der Waals surface area contributed by atoms with Crippen molar-refractivity contribution >= 4 is 5.57 Å². The number of allylic oxidation sites excluding steroid dienone is 2. The minimum absolute atomic E-state index is 0.0526. The first kappa shape index (κ1) is 31.5.